The van der Waals surface area contributed by atoms with Crippen LogP contribution in [0.2, 0.25) is 0 Å². The summed E-state index contributed by atoms with van der Waals surface area (Å²) in [6.07, 6.45) is 3.68. The predicted molar refractivity (Wildman–Crippen MR) is 61.4 cm³/mol. The van der Waals surface area contributed by atoms with Crippen molar-refractivity contribution < 1.29 is 9.21 Å². The molecule has 2 atom stereocenters. The van der Waals surface area contributed by atoms with Gasteiger partial charge < -0.3 is 15.1 Å². The molecule has 88 valence electrons. The van der Waals surface area contributed by atoms with Crippen molar-refractivity contribution in [1.29, 1.82) is 0 Å². The number of hydrogen-bond acceptors (Lipinski definition) is 3. The van der Waals surface area contributed by atoms with Crippen LogP contribution in [-0.4, -0.2) is 24.5 Å². The molecule has 0 saturated carbocycles. The fourth-order valence-electron chi connectivity index (χ4n) is 2.08. The summed E-state index contributed by atoms with van der Waals surface area (Å²) in [5, 5.41) is 6.37. The lowest BCUT2D eigenvalue weighted by atomic mass is 10.00. The number of rotatable bonds is 2. The highest BCUT2D eigenvalue weighted by molar-refractivity contribution is 5.93. The quantitative estimate of drug-likeness (QED) is 0.796. The third-order valence-electron chi connectivity index (χ3n) is 3.15. The summed E-state index contributed by atoms with van der Waals surface area (Å²) in [6, 6.07) is 2.33. The first-order valence-electron chi connectivity index (χ1n) is 5.77. The molecule has 2 rings (SSSR count). The molecule has 1 amide bonds. The van der Waals surface area contributed by atoms with Gasteiger partial charge in [0, 0.05) is 17.6 Å². The largest absolute Gasteiger partial charge is 0.459 e. The van der Waals surface area contributed by atoms with E-state index in [0.717, 1.165) is 24.9 Å². The molecule has 2 unspecified atom stereocenters. The van der Waals surface area contributed by atoms with Crippen LogP contribution < -0.4 is 10.6 Å². The highest BCUT2D eigenvalue weighted by Gasteiger charge is 2.24. The Morgan fingerprint density at radius 3 is 3.06 bits per heavy atom. The van der Waals surface area contributed by atoms with Gasteiger partial charge in [-0.05, 0) is 39.3 Å². The summed E-state index contributed by atoms with van der Waals surface area (Å²) in [4.78, 5) is 11.9. The lowest BCUT2D eigenvalue weighted by Crippen LogP contribution is -2.51. The van der Waals surface area contributed by atoms with Crippen molar-refractivity contribution in [1.82, 2.24) is 10.6 Å². The summed E-state index contributed by atoms with van der Waals surface area (Å²) >= 11 is 0. The number of nitrogens with one attached hydrogen (secondary N) is 2. The molecule has 0 aromatic carbocycles. The second-order valence-corrected chi connectivity index (χ2v) is 4.40. The molecule has 1 fully saturated rings. The summed E-state index contributed by atoms with van der Waals surface area (Å²) in [5.41, 5.74) is 0.883. The summed E-state index contributed by atoms with van der Waals surface area (Å²) in [6.45, 7) is 5.01. The number of amides is 1. The minimum absolute atomic E-state index is 0.108. The Morgan fingerprint density at radius 2 is 2.44 bits per heavy atom. The lowest BCUT2D eigenvalue weighted by Gasteiger charge is -2.30. The van der Waals surface area contributed by atoms with E-state index in [-0.39, 0.29) is 11.9 Å². The highest BCUT2D eigenvalue weighted by atomic mass is 16.3. The van der Waals surface area contributed by atoms with Gasteiger partial charge in [0.15, 0.2) is 5.76 Å². The molecule has 2 N–H and O–H groups in total. The number of carbonyl (C=O) groups excluding carboxylic acids is 1. The Balaban J connectivity index is 1.99. The first-order chi connectivity index (χ1) is 7.68. The van der Waals surface area contributed by atoms with Crippen LogP contribution in [0.3, 0.4) is 0 Å². The van der Waals surface area contributed by atoms with Gasteiger partial charge in [-0.25, -0.2) is 0 Å². The van der Waals surface area contributed by atoms with Crippen LogP contribution in [0.15, 0.2) is 16.7 Å². The zero-order valence-corrected chi connectivity index (χ0v) is 9.75. The maximum Gasteiger partial charge on any atom is 0.287 e. The SMILES string of the molecule is Cc1ccoc1C(=O)NC1CCCNC1C. The fourth-order valence-corrected chi connectivity index (χ4v) is 2.08. The second kappa shape index (κ2) is 4.70. The molecular weight excluding hydrogens is 204 g/mol. The van der Waals surface area contributed by atoms with Gasteiger partial charge in [-0.3, -0.25) is 4.79 Å². The molecule has 1 aliphatic rings. The van der Waals surface area contributed by atoms with Crippen LogP contribution in [0.1, 0.15) is 35.9 Å². The first-order valence-corrected chi connectivity index (χ1v) is 5.77. The summed E-state index contributed by atoms with van der Waals surface area (Å²) < 4.78 is 5.17. The third kappa shape index (κ3) is 2.27. The maximum absolute atomic E-state index is 11.9. The van der Waals surface area contributed by atoms with Crippen LogP contribution >= 0.6 is 0 Å². The molecule has 1 aromatic rings. The Bertz CT molecular complexity index is 373. The Morgan fingerprint density at radius 1 is 1.62 bits per heavy atom. The summed E-state index contributed by atoms with van der Waals surface area (Å²) in [5.74, 6) is 0.320. The Labute approximate surface area is 95.4 Å². The molecule has 16 heavy (non-hydrogen) atoms. The van der Waals surface area contributed by atoms with Crippen molar-refractivity contribution in [2.75, 3.05) is 6.54 Å². The number of aryl methyl sites for hydroxylation is 1. The Hall–Kier alpha value is -1.29. The van der Waals surface area contributed by atoms with Gasteiger partial charge in [0.25, 0.3) is 5.91 Å². The average molecular weight is 222 g/mol. The van der Waals surface area contributed by atoms with Gasteiger partial charge in [-0.15, -0.1) is 0 Å². The van der Waals surface area contributed by atoms with Crippen LogP contribution in [0, 0.1) is 6.92 Å². The highest BCUT2D eigenvalue weighted by Crippen LogP contribution is 2.12. The van der Waals surface area contributed by atoms with E-state index in [1.54, 1.807) is 12.3 Å². The molecule has 1 aromatic heterocycles. The average Bonchev–Trinajstić information content (AvgIpc) is 2.68. The predicted octanol–water partition coefficient (Wildman–Crippen LogP) is 1.46. The van der Waals surface area contributed by atoms with Crippen molar-refractivity contribution in [3.63, 3.8) is 0 Å². The van der Waals surface area contributed by atoms with Crippen molar-refractivity contribution in [3.8, 4) is 0 Å². The number of carbonyl (C=O) groups is 1. The molecular formula is C12H18N2O2. The fraction of sp³-hybridized carbons (Fsp3) is 0.583. The van der Waals surface area contributed by atoms with Crippen LogP contribution in [0.25, 0.3) is 0 Å². The van der Waals surface area contributed by atoms with Crippen molar-refractivity contribution in [2.24, 2.45) is 0 Å². The number of furan rings is 1. The molecule has 0 radical (unpaired) electrons. The van der Waals surface area contributed by atoms with Gasteiger partial charge in [0.05, 0.1) is 6.26 Å². The molecule has 1 saturated heterocycles. The molecule has 0 bridgehead atoms. The van der Waals surface area contributed by atoms with Gasteiger partial charge in [0.1, 0.15) is 0 Å². The second-order valence-electron chi connectivity index (χ2n) is 4.40. The van der Waals surface area contributed by atoms with Gasteiger partial charge in [-0.2, -0.15) is 0 Å². The zero-order chi connectivity index (χ0) is 11.5. The van der Waals surface area contributed by atoms with Gasteiger partial charge in [0.2, 0.25) is 0 Å². The van der Waals surface area contributed by atoms with Crippen molar-refractivity contribution >= 4 is 5.91 Å². The smallest absolute Gasteiger partial charge is 0.287 e. The Kier molecular flexibility index (Phi) is 3.29. The minimum Gasteiger partial charge on any atom is -0.459 e. The summed E-state index contributed by atoms with van der Waals surface area (Å²) in [7, 11) is 0. The number of hydrogen-bond donors (Lipinski definition) is 2. The van der Waals surface area contributed by atoms with Crippen LogP contribution in [0.5, 0.6) is 0 Å². The molecule has 1 aliphatic heterocycles. The van der Waals surface area contributed by atoms with E-state index in [4.69, 9.17) is 4.42 Å². The maximum atomic E-state index is 11.9. The van der Waals surface area contributed by atoms with E-state index < -0.39 is 0 Å². The molecule has 2 heterocycles. The van der Waals surface area contributed by atoms with E-state index in [9.17, 15) is 4.79 Å². The molecule has 0 spiro atoms. The first kappa shape index (κ1) is 11.2. The molecule has 4 heteroatoms. The lowest BCUT2D eigenvalue weighted by molar-refractivity contribution is 0.0891. The van der Waals surface area contributed by atoms with Crippen LogP contribution in [-0.2, 0) is 0 Å². The van der Waals surface area contributed by atoms with E-state index in [1.165, 1.54) is 0 Å². The van der Waals surface area contributed by atoms with Gasteiger partial charge in [-0.1, -0.05) is 0 Å². The van der Waals surface area contributed by atoms with E-state index >= 15 is 0 Å². The minimum atomic E-state index is -0.108. The van der Waals surface area contributed by atoms with Crippen molar-refractivity contribution in [3.05, 3.63) is 23.7 Å². The van der Waals surface area contributed by atoms with Gasteiger partial charge >= 0.3 is 0 Å². The topological polar surface area (TPSA) is 54.3 Å². The number of piperidine rings is 1. The standard InChI is InChI=1S/C12H18N2O2/c1-8-5-7-16-11(8)12(15)14-10-4-3-6-13-9(10)2/h5,7,9-10,13H,3-4,6H2,1-2H3,(H,14,15). The van der Waals surface area contributed by atoms with Crippen molar-refractivity contribution in [2.45, 2.75) is 38.8 Å². The molecule has 4 nitrogen and oxygen atoms in total. The normalized spacial score (nSPS) is 25.4. The van der Waals surface area contributed by atoms with E-state index in [2.05, 4.69) is 17.6 Å². The monoisotopic (exact) mass is 222 g/mol. The molecule has 0 aliphatic carbocycles. The van der Waals surface area contributed by atoms with Crippen LogP contribution in [0.4, 0.5) is 0 Å². The van der Waals surface area contributed by atoms with E-state index in [0.29, 0.717) is 11.8 Å². The third-order valence-corrected chi connectivity index (χ3v) is 3.15. The van der Waals surface area contributed by atoms with E-state index in [1.807, 2.05) is 6.92 Å². The zero-order valence-electron chi connectivity index (χ0n) is 9.75.